The molecule has 1 aliphatic carbocycles. The minimum absolute atomic E-state index is 0. The monoisotopic (exact) mass is 1700 g/mol. The van der Waals surface area contributed by atoms with E-state index < -0.39 is 70.2 Å². The maximum absolute atomic E-state index is 12.4. The molecule has 0 saturated carbocycles. The van der Waals surface area contributed by atoms with Gasteiger partial charge in [-0.1, -0.05) is 72.8 Å². The Bertz CT molecular complexity index is 7090. The van der Waals surface area contributed by atoms with E-state index >= 15 is 0 Å². The summed E-state index contributed by atoms with van der Waals surface area (Å²) in [5, 5.41) is 6.12. The van der Waals surface area contributed by atoms with Gasteiger partial charge in [-0.3, -0.25) is 15.1 Å². The molecule has 0 unspecified atom stereocenters. The van der Waals surface area contributed by atoms with Crippen molar-refractivity contribution in [2.24, 2.45) is 0 Å². The highest BCUT2D eigenvalue weighted by Crippen LogP contribution is 2.40. The second kappa shape index (κ2) is 33.3. The van der Waals surface area contributed by atoms with Gasteiger partial charge in [0.1, 0.15) is 16.6 Å². The second-order valence-electron chi connectivity index (χ2n) is 28.4. The number of benzene rings is 5. The molecular weight excluding hydrogens is 1620 g/mol. The maximum Gasteiger partial charge on any atom is 0.319 e. The molecule has 0 bridgehead atoms. The zero-order valence-electron chi connectivity index (χ0n) is 65.4. The number of hydrogen-bond acceptors (Lipinski definition) is 25. The van der Waals surface area contributed by atoms with E-state index in [4.69, 9.17) is 24.4 Å². The number of fused-ring (bicyclic) bond motifs is 5. The van der Waals surface area contributed by atoms with E-state index in [1.54, 1.807) is 226 Å². The fraction of sp³-hybridized carbons (Fsp3) is 0.190. The van der Waals surface area contributed by atoms with E-state index in [1.165, 1.54) is 30.5 Å². The second-order valence-corrected chi connectivity index (χ2v) is 41.5. The van der Waals surface area contributed by atoms with Crippen LogP contribution < -0.4 is 9.47 Å². The number of ether oxygens (including phenoxy) is 2. The quantitative estimate of drug-likeness (QED) is 0.0584. The number of hydrogen-bond donors (Lipinski definition) is 4. The lowest BCUT2D eigenvalue weighted by Gasteiger charge is -2.09. The summed E-state index contributed by atoms with van der Waals surface area (Å²) in [6.07, 6.45) is 24.1. The van der Waals surface area contributed by atoms with Crippen LogP contribution in [0.4, 0.5) is 0 Å². The van der Waals surface area contributed by atoms with Gasteiger partial charge in [0.15, 0.2) is 66.1 Å². The number of sulfone groups is 5. The normalized spacial score (nSPS) is 12.5. The van der Waals surface area contributed by atoms with Crippen LogP contribution in [0.2, 0.25) is 0 Å². The third-order valence-corrected chi connectivity index (χ3v) is 30.4. The van der Waals surface area contributed by atoms with Crippen molar-refractivity contribution in [3.8, 4) is 89.6 Å². The van der Waals surface area contributed by atoms with Gasteiger partial charge in [0, 0.05) is 126 Å². The Morgan fingerprint density at radius 1 is 0.407 bits per heavy atom. The summed E-state index contributed by atoms with van der Waals surface area (Å²) in [6.45, 7) is 13.3. The van der Waals surface area contributed by atoms with Gasteiger partial charge in [0.25, 0.3) is 0 Å². The van der Waals surface area contributed by atoms with Gasteiger partial charge < -0.3 is 24.4 Å². The average Bonchev–Trinajstić information content (AvgIpc) is 1.95. The van der Waals surface area contributed by atoms with Crippen molar-refractivity contribution >= 4 is 110 Å². The molecule has 0 atom stereocenters. The van der Waals surface area contributed by atoms with Crippen molar-refractivity contribution in [2.45, 2.75) is 107 Å². The summed E-state index contributed by atoms with van der Waals surface area (Å²) in [4.78, 5) is 61.1. The Hall–Kier alpha value is -12.5. The third kappa shape index (κ3) is 16.8. The standard InChI is InChI=1S/C23H19N3O2S2.C21H21N5O4S.C21H20N4O4S2.C19H18N4O2S.3H2/c1-14(2)30(27,28)17-9-7-15(8-10-17)19-13-25-23-22(26-19)18(12-24-23)21-11-16-5-3-4-6-20(16)29-21;1-12(2)31(27,28)14-7-5-13(6-8-14)17-11-23-19-18(25-17)15(9-22-19)16-10-24-21(30-4)26-20(16)29-3;1-13(2)31(28,29)16-6-4-14(5-7-16)19-12-24-21-20(25-19)18(11-23-21)15-8-17(10-22-9-15)30(3,26)27;1-12(2)26(24,25)15-5-3-13(4-6-15)18-11-20-17-8-7-16(19(17)23-18)14-9-21-22-10-14;;;/h3-14H,1-2H3,(H,24,25);5-12H,1-4H3,(H,22,23);4-13H,1-3H3,(H,23,24);3-7,9-12H,8H2,1-2H3,(H,21,22);3*1H. The van der Waals surface area contributed by atoms with E-state index in [0.29, 0.717) is 83.0 Å². The molecule has 5 aromatic carbocycles. The van der Waals surface area contributed by atoms with Crippen LogP contribution in [0.15, 0.2) is 238 Å². The van der Waals surface area contributed by atoms with E-state index in [2.05, 4.69) is 89.3 Å². The van der Waals surface area contributed by atoms with E-state index in [0.717, 1.165) is 79.1 Å². The number of pyridine rings is 1. The minimum Gasteiger partial charge on any atom is -0.480 e. The van der Waals surface area contributed by atoms with Crippen LogP contribution in [0.1, 0.15) is 76.6 Å². The zero-order valence-corrected chi connectivity index (χ0v) is 70.3. The molecule has 0 fully saturated rings. The molecule has 1 aliphatic rings. The fourth-order valence-corrected chi connectivity index (χ4v) is 18.5. The number of thiophene rings is 1. The van der Waals surface area contributed by atoms with E-state index in [9.17, 15) is 42.1 Å². The van der Waals surface area contributed by atoms with E-state index in [-0.39, 0.29) is 25.0 Å². The molecule has 34 heteroatoms. The topological polar surface area (TPSA) is 407 Å². The Balaban J connectivity index is 0.000000157. The van der Waals surface area contributed by atoms with Crippen molar-refractivity contribution in [1.82, 2.24) is 80.0 Å². The first-order valence-corrected chi connectivity index (χ1v) is 45.8. The highest BCUT2D eigenvalue weighted by atomic mass is 32.2. The Morgan fingerprint density at radius 2 is 0.847 bits per heavy atom. The van der Waals surface area contributed by atoms with Crippen LogP contribution in [0.5, 0.6) is 11.9 Å². The number of H-pyrrole nitrogens is 4. The highest BCUT2D eigenvalue weighted by Gasteiger charge is 2.27. The summed E-state index contributed by atoms with van der Waals surface area (Å²) >= 11 is 1.72. The number of nitrogens with one attached hydrogen (secondary N) is 4. The summed E-state index contributed by atoms with van der Waals surface area (Å²) in [5.41, 5.74) is 17.0. The molecule has 11 heterocycles. The van der Waals surface area contributed by atoms with Crippen LogP contribution in [0, 0.1) is 0 Å². The van der Waals surface area contributed by atoms with Gasteiger partial charge in [-0.25, -0.2) is 82.0 Å². The number of methoxy groups -OCH3 is 2. The molecule has 28 nitrogen and oxygen atoms in total. The van der Waals surface area contributed by atoms with Gasteiger partial charge >= 0.3 is 6.01 Å². The lowest BCUT2D eigenvalue weighted by molar-refractivity contribution is 0.353. The molecule has 4 N–H and O–H groups in total. The average molecular weight is 1700 g/mol. The first kappa shape index (κ1) is 82.1. The molecule has 608 valence electrons. The minimum atomic E-state index is -3.40. The van der Waals surface area contributed by atoms with Crippen LogP contribution in [0.25, 0.3) is 127 Å². The predicted octanol–water partition coefficient (Wildman–Crippen LogP) is 16.0. The molecule has 0 radical (unpaired) electrons. The number of aromatic amines is 4. The van der Waals surface area contributed by atoms with Crippen LogP contribution >= 0.6 is 11.3 Å². The SMILES string of the molecule is CC(C)S(=O)(=O)c1ccc(-c2cnc3[nH]cc(-c4cc5ccccc5s4)c3n2)cc1.CC(C)S(=O)(=O)c1ccc(-c2cnc3[nH]cc(-c4cncc(S(C)(=O)=O)c4)c3n2)cc1.CC(C)S(=O)(=O)c1ccc(-c2cnc3c(n2)C(c2cn[nH]c2)=CC3)cc1.COc1ncc(-c2c[nH]c3ncc(-c4ccc(S(=O)(=O)C(C)C)cc4)nc23)c(OC)n1.[HH].[HH].[HH]. The van der Waals surface area contributed by atoms with Gasteiger partial charge in [-0.05, 0) is 128 Å². The maximum atomic E-state index is 12.4. The number of nitrogens with zero attached hydrogens (tertiary/aromatic N) is 12. The largest absolute Gasteiger partial charge is 0.480 e. The number of allylic oxidation sites excluding steroid dienone is 1. The smallest absolute Gasteiger partial charge is 0.319 e. The van der Waals surface area contributed by atoms with Gasteiger partial charge in [0.05, 0.1) is 130 Å². The van der Waals surface area contributed by atoms with Gasteiger partial charge in [-0.2, -0.15) is 10.1 Å². The molecular formula is C84H84N16O12S6. The molecule has 11 aromatic heterocycles. The van der Waals surface area contributed by atoms with Crippen LogP contribution in [-0.2, 0) is 55.6 Å². The van der Waals surface area contributed by atoms with Crippen LogP contribution in [0.3, 0.4) is 0 Å². The van der Waals surface area contributed by atoms with Crippen molar-refractivity contribution in [2.75, 3.05) is 20.5 Å². The van der Waals surface area contributed by atoms with Crippen molar-refractivity contribution in [3.05, 3.63) is 231 Å². The molecule has 16 aromatic rings. The first-order chi connectivity index (χ1) is 56.3. The van der Waals surface area contributed by atoms with Crippen LogP contribution in [-0.4, -0.2) is 164 Å². The van der Waals surface area contributed by atoms with E-state index in [1.807, 2.05) is 24.5 Å². The summed E-state index contributed by atoms with van der Waals surface area (Å²) < 4.78 is 134. The summed E-state index contributed by atoms with van der Waals surface area (Å²) in [5.74, 6) is 0.350. The van der Waals surface area contributed by atoms with Crippen molar-refractivity contribution in [3.63, 3.8) is 0 Å². The Kier molecular flexibility index (Phi) is 23.1. The first-order valence-electron chi connectivity index (χ1n) is 36.9. The molecule has 0 spiro atoms. The summed E-state index contributed by atoms with van der Waals surface area (Å²) in [7, 11) is -13.7. The predicted molar refractivity (Wildman–Crippen MR) is 462 cm³/mol. The number of aromatic nitrogens is 16. The Morgan fingerprint density at radius 3 is 1.29 bits per heavy atom. The fourth-order valence-electron chi connectivity index (χ4n) is 12.6. The van der Waals surface area contributed by atoms with Crippen molar-refractivity contribution in [1.29, 1.82) is 0 Å². The third-order valence-electron chi connectivity index (χ3n) is 19.5. The Labute approximate surface area is 689 Å². The van der Waals surface area contributed by atoms with Crippen molar-refractivity contribution < 1.29 is 55.8 Å². The molecule has 0 saturated heterocycles. The molecule has 0 amide bonds. The molecule has 17 rings (SSSR count). The molecule has 118 heavy (non-hydrogen) atoms. The lowest BCUT2D eigenvalue weighted by Crippen LogP contribution is -2.13. The molecule has 0 aliphatic heterocycles. The summed E-state index contributed by atoms with van der Waals surface area (Å²) in [6, 6.07) is 39.1. The zero-order chi connectivity index (χ0) is 83.8. The number of rotatable bonds is 19. The van der Waals surface area contributed by atoms with Gasteiger partial charge in [-0.15, -0.1) is 11.3 Å². The van der Waals surface area contributed by atoms with Gasteiger partial charge in [0.2, 0.25) is 5.88 Å². The lowest BCUT2D eigenvalue weighted by atomic mass is 10.1. The highest BCUT2D eigenvalue weighted by molar-refractivity contribution is 7.93.